The molecule has 0 aromatic heterocycles. The molecule has 0 bridgehead atoms. The fraction of sp³-hybridized carbons (Fsp3) is 0.435. The first kappa shape index (κ1) is 22.9. The Morgan fingerprint density at radius 1 is 1.00 bits per heavy atom. The number of carbonyl (C=O) groups is 1. The molecular weight excluding hydrogens is 384 g/mol. The molecule has 1 amide bonds. The molecule has 0 spiro atoms. The maximum atomic E-state index is 13.2. The van der Waals surface area contributed by atoms with Crippen LogP contribution < -0.4 is 9.62 Å². The van der Waals surface area contributed by atoms with Gasteiger partial charge in [0.15, 0.2) is 0 Å². The predicted octanol–water partition coefficient (Wildman–Crippen LogP) is 4.34. The summed E-state index contributed by atoms with van der Waals surface area (Å²) in [6.45, 7) is 11.7. The standard InChI is InChI=1S/C23H32N2O3S/c1-8-22(23(26)24-19(6)21-13-15(2)9-10-17(21)4)25(29(7,27)28)20-12-11-16(3)18(5)14-20/h9-14,19,22H,8H2,1-7H3,(H,24,26)/t19-,22-/m1/s1. The molecule has 6 heteroatoms. The lowest BCUT2D eigenvalue weighted by atomic mass is 9.99. The Balaban J connectivity index is 2.37. The lowest BCUT2D eigenvalue weighted by Crippen LogP contribution is -2.49. The molecule has 0 fully saturated rings. The third kappa shape index (κ3) is 5.38. The van der Waals surface area contributed by atoms with E-state index in [4.69, 9.17) is 0 Å². The van der Waals surface area contributed by atoms with Crippen LogP contribution in [0.15, 0.2) is 36.4 Å². The molecule has 0 saturated carbocycles. The van der Waals surface area contributed by atoms with Gasteiger partial charge in [-0.1, -0.05) is 36.8 Å². The second-order valence-corrected chi connectivity index (χ2v) is 9.70. The van der Waals surface area contributed by atoms with Crippen LogP contribution in [0.1, 0.15) is 54.1 Å². The normalized spacial score (nSPS) is 13.6. The zero-order valence-electron chi connectivity index (χ0n) is 18.4. The molecule has 2 atom stereocenters. The monoisotopic (exact) mass is 416 g/mol. The van der Waals surface area contributed by atoms with Crippen LogP contribution in [0.4, 0.5) is 5.69 Å². The fourth-order valence-corrected chi connectivity index (χ4v) is 4.74. The van der Waals surface area contributed by atoms with Gasteiger partial charge < -0.3 is 5.32 Å². The van der Waals surface area contributed by atoms with Crippen molar-refractivity contribution in [1.82, 2.24) is 5.32 Å². The van der Waals surface area contributed by atoms with Crippen LogP contribution in [0.25, 0.3) is 0 Å². The fourth-order valence-electron chi connectivity index (χ4n) is 3.54. The highest BCUT2D eigenvalue weighted by molar-refractivity contribution is 7.92. The Hall–Kier alpha value is -2.34. The molecule has 5 nitrogen and oxygen atoms in total. The van der Waals surface area contributed by atoms with E-state index in [0.29, 0.717) is 12.1 Å². The molecule has 2 aromatic rings. The Bertz CT molecular complexity index is 999. The summed E-state index contributed by atoms with van der Waals surface area (Å²) in [6.07, 6.45) is 1.51. The van der Waals surface area contributed by atoms with Crippen LogP contribution in [0.2, 0.25) is 0 Å². The first-order chi connectivity index (χ1) is 13.5. The molecule has 2 rings (SSSR count). The van der Waals surface area contributed by atoms with Crippen molar-refractivity contribution in [3.63, 3.8) is 0 Å². The molecule has 2 aromatic carbocycles. The van der Waals surface area contributed by atoms with E-state index in [2.05, 4.69) is 11.4 Å². The molecule has 0 heterocycles. The molecule has 1 N–H and O–H groups in total. The average molecular weight is 417 g/mol. The van der Waals surface area contributed by atoms with Crippen LogP contribution in [-0.4, -0.2) is 26.6 Å². The van der Waals surface area contributed by atoms with Gasteiger partial charge in [0.1, 0.15) is 6.04 Å². The van der Waals surface area contributed by atoms with Gasteiger partial charge in [0.2, 0.25) is 15.9 Å². The zero-order chi connectivity index (χ0) is 21.9. The maximum Gasteiger partial charge on any atom is 0.244 e. The number of nitrogens with zero attached hydrogens (tertiary/aromatic N) is 1. The SMILES string of the molecule is CC[C@H](C(=O)N[C@H](C)c1cc(C)ccc1C)N(c1ccc(C)c(C)c1)S(C)(=O)=O. The van der Waals surface area contributed by atoms with Gasteiger partial charge in [-0.2, -0.15) is 0 Å². The number of anilines is 1. The highest BCUT2D eigenvalue weighted by Crippen LogP contribution is 2.26. The summed E-state index contributed by atoms with van der Waals surface area (Å²) in [4.78, 5) is 13.2. The Morgan fingerprint density at radius 2 is 1.62 bits per heavy atom. The van der Waals surface area contributed by atoms with Crippen molar-refractivity contribution in [2.75, 3.05) is 10.6 Å². The highest BCUT2D eigenvalue weighted by Gasteiger charge is 2.32. The number of carbonyl (C=O) groups excluding carboxylic acids is 1. The number of rotatable bonds is 7. The third-order valence-electron chi connectivity index (χ3n) is 5.33. The second kappa shape index (κ2) is 8.99. The molecule has 0 aliphatic carbocycles. The van der Waals surface area contributed by atoms with Gasteiger partial charge in [0, 0.05) is 0 Å². The summed E-state index contributed by atoms with van der Waals surface area (Å²) in [5.74, 6) is -0.301. The molecular formula is C23H32N2O3S. The minimum atomic E-state index is -3.65. The molecule has 0 unspecified atom stereocenters. The molecule has 0 radical (unpaired) electrons. The molecule has 158 valence electrons. The highest BCUT2D eigenvalue weighted by atomic mass is 32.2. The number of hydrogen-bond acceptors (Lipinski definition) is 3. The lowest BCUT2D eigenvalue weighted by Gasteiger charge is -2.31. The van der Waals surface area contributed by atoms with Crippen molar-refractivity contribution in [3.05, 3.63) is 64.2 Å². The largest absolute Gasteiger partial charge is 0.348 e. The van der Waals surface area contributed by atoms with E-state index in [1.54, 1.807) is 6.07 Å². The number of nitrogens with one attached hydrogen (secondary N) is 1. The Labute approximate surface area is 175 Å². The number of benzene rings is 2. The van der Waals surface area contributed by atoms with Crippen molar-refractivity contribution in [2.45, 2.75) is 60.0 Å². The van der Waals surface area contributed by atoms with E-state index in [9.17, 15) is 13.2 Å². The van der Waals surface area contributed by atoms with Crippen molar-refractivity contribution < 1.29 is 13.2 Å². The van der Waals surface area contributed by atoms with Gasteiger partial charge >= 0.3 is 0 Å². The molecule has 29 heavy (non-hydrogen) atoms. The van der Waals surface area contributed by atoms with Gasteiger partial charge in [0.05, 0.1) is 18.0 Å². The van der Waals surface area contributed by atoms with Crippen molar-refractivity contribution in [1.29, 1.82) is 0 Å². The van der Waals surface area contributed by atoms with Gasteiger partial charge in [-0.05, 0) is 75.4 Å². The predicted molar refractivity (Wildman–Crippen MR) is 120 cm³/mol. The average Bonchev–Trinajstić information content (AvgIpc) is 2.62. The zero-order valence-corrected chi connectivity index (χ0v) is 19.2. The summed E-state index contributed by atoms with van der Waals surface area (Å²) in [5.41, 5.74) is 5.80. The second-order valence-electron chi connectivity index (χ2n) is 7.84. The van der Waals surface area contributed by atoms with E-state index in [1.165, 1.54) is 4.31 Å². The van der Waals surface area contributed by atoms with Crippen LogP contribution in [-0.2, 0) is 14.8 Å². The summed E-state index contributed by atoms with van der Waals surface area (Å²) < 4.78 is 26.5. The Morgan fingerprint density at radius 3 is 2.17 bits per heavy atom. The van der Waals surface area contributed by atoms with Crippen LogP contribution >= 0.6 is 0 Å². The van der Waals surface area contributed by atoms with E-state index < -0.39 is 16.1 Å². The van der Waals surface area contributed by atoms with Crippen molar-refractivity contribution >= 4 is 21.6 Å². The minimum Gasteiger partial charge on any atom is -0.348 e. The molecule has 0 aliphatic rings. The number of amides is 1. The molecule has 0 aliphatic heterocycles. The smallest absolute Gasteiger partial charge is 0.244 e. The summed E-state index contributed by atoms with van der Waals surface area (Å²) in [5, 5.41) is 3.02. The van der Waals surface area contributed by atoms with Gasteiger partial charge in [-0.15, -0.1) is 0 Å². The molecule has 0 saturated heterocycles. The quantitative estimate of drug-likeness (QED) is 0.730. The number of aryl methyl sites for hydroxylation is 4. The third-order valence-corrected chi connectivity index (χ3v) is 6.51. The van der Waals surface area contributed by atoms with Crippen molar-refractivity contribution in [2.24, 2.45) is 0 Å². The van der Waals surface area contributed by atoms with Crippen LogP contribution in [0.3, 0.4) is 0 Å². The maximum absolute atomic E-state index is 13.2. The first-order valence-electron chi connectivity index (χ1n) is 9.89. The van der Waals surface area contributed by atoms with Crippen LogP contribution in [0, 0.1) is 27.7 Å². The van der Waals surface area contributed by atoms with E-state index >= 15 is 0 Å². The summed E-state index contributed by atoms with van der Waals surface area (Å²) in [6, 6.07) is 10.5. The van der Waals surface area contributed by atoms with E-state index in [1.807, 2.05) is 65.8 Å². The number of hydrogen-bond donors (Lipinski definition) is 1. The van der Waals surface area contributed by atoms with E-state index in [-0.39, 0.29) is 11.9 Å². The minimum absolute atomic E-state index is 0.224. The summed E-state index contributed by atoms with van der Waals surface area (Å²) in [7, 11) is -3.65. The van der Waals surface area contributed by atoms with Gasteiger partial charge in [-0.3, -0.25) is 9.10 Å². The van der Waals surface area contributed by atoms with Gasteiger partial charge in [0.25, 0.3) is 0 Å². The lowest BCUT2D eigenvalue weighted by molar-refractivity contribution is -0.122. The topological polar surface area (TPSA) is 66.5 Å². The van der Waals surface area contributed by atoms with Gasteiger partial charge in [-0.25, -0.2) is 8.42 Å². The summed E-state index contributed by atoms with van der Waals surface area (Å²) >= 11 is 0. The number of sulfonamides is 1. The Kier molecular flexibility index (Phi) is 7.11. The van der Waals surface area contributed by atoms with Crippen molar-refractivity contribution in [3.8, 4) is 0 Å². The van der Waals surface area contributed by atoms with Crippen LogP contribution in [0.5, 0.6) is 0 Å². The first-order valence-corrected chi connectivity index (χ1v) is 11.7. The van der Waals surface area contributed by atoms with E-state index in [0.717, 1.165) is 34.1 Å².